The number of methoxy groups -OCH3 is 3. The molecule has 1 atom stereocenters. The van der Waals surface area contributed by atoms with Gasteiger partial charge in [0.25, 0.3) is 0 Å². The van der Waals surface area contributed by atoms with Gasteiger partial charge in [-0.2, -0.15) is 0 Å². The van der Waals surface area contributed by atoms with E-state index < -0.39 is 0 Å². The Morgan fingerprint density at radius 1 is 1.09 bits per heavy atom. The molecule has 0 fully saturated rings. The van der Waals surface area contributed by atoms with E-state index in [0.717, 1.165) is 16.7 Å². The number of hydrogen-bond donors (Lipinski definition) is 0. The fourth-order valence-electron chi connectivity index (χ4n) is 2.68. The Morgan fingerprint density at radius 3 is 2.30 bits per heavy atom. The summed E-state index contributed by atoms with van der Waals surface area (Å²) in [4.78, 5) is 0. The summed E-state index contributed by atoms with van der Waals surface area (Å²) < 4.78 is 27.5. The van der Waals surface area contributed by atoms with Crippen molar-refractivity contribution in [2.45, 2.75) is 12.8 Å². The van der Waals surface area contributed by atoms with Crippen LogP contribution in [0.15, 0.2) is 64.8 Å². The van der Waals surface area contributed by atoms with Crippen LogP contribution in [0.1, 0.15) is 18.4 Å². The number of benzene rings is 1. The zero-order valence-corrected chi connectivity index (χ0v) is 14.5. The number of ether oxygens (including phenoxy) is 3. The molecule has 0 saturated carbocycles. The van der Waals surface area contributed by atoms with Gasteiger partial charge in [0.2, 0.25) is 0 Å². The first kappa shape index (κ1) is 17.2. The molecule has 0 spiro atoms. The normalized spacial score (nSPS) is 19.5. The van der Waals surface area contributed by atoms with E-state index >= 15 is 0 Å². The molecule has 0 heterocycles. The second-order valence-electron chi connectivity index (χ2n) is 4.94. The van der Waals surface area contributed by atoms with E-state index in [4.69, 9.17) is 14.2 Å². The summed E-state index contributed by atoms with van der Waals surface area (Å²) in [5, 5.41) is 0. The van der Waals surface area contributed by atoms with Crippen LogP contribution in [0.5, 0.6) is 0 Å². The van der Waals surface area contributed by atoms with E-state index in [9.17, 15) is 4.57 Å². The zero-order valence-electron chi connectivity index (χ0n) is 13.6. The van der Waals surface area contributed by atoms with E-state index in [1.807, 2.05) is 43.3 Å². The molecule has 0 aromatic heterocycles. The van der Waals surface area contributed by atoms with Crippen molar-refractivity contribution in [3.05, 3.63) is 70.4 Å². The van der Waals surface area contributed by atoms with Gasteiger partial charge in [-0.15, -0.1) is 0 Å². The standard InChI is InChI=1S/C18H19O4P/c1-12(11-23-19)14-10-15(20-2)17(21-3)18(22-4)16(14)13-8-6-5-7-9-13/h5-10,16H,1-4H3. The fourth-order valence-corrected chi connectivity index (χ4v) is 2.95. The third kappa shape index (κ3) is 3.44. The Hall–Kier alpha value is -2.15. The van der Waals surface area contributed by atoms with Gasteiger partial charge in [-0.05, 0) is 0 Å². The van der Waals surface area contributed by atoms with E-state index in [1.165, 1.54) is 0 Å². The minimum absolute atomic E-state index is 0.159. The summed E-state index contributed by atoms with van der Waals surface area (Å²) in [6.07, 6.45) is 1.88. The summed E-state index contributed by atoms with van der Waals surface area (Å²) in [6, 6.07) is 9.93. The van der Waals surface area contributed by atoms with Gasteiger partial charge in [-0.1, -0.05) is 0 Å². The van der Waals surface area contributed by atoms with Crippen LogP contribution in [0.2, 0.25) is 0 Å². The third-order valence-electron chi connectivity index (χ3n) is 3.73. The van der Waals surface area contributed by atoms with Crippen molar-refractivity contribution in [3.63, 3.8) is 0 Å². The summed E-state index contributed by atoms with van der Waals surface area (Å²) in [5.41, 5.74) is 5.54. The van der Waals surface area contributed by atoms with Crippen molar-refractivity contribution in [3.8, 4) is 5.63 Å². The molecule has 0 bridgehead atoms. The molecular weight excluding hydrogens is 311 g/mol. The second kappa shape index (κ2) is 7.92. The molecule has 0 aliphatic heterocycles. The zero-order chi connectivity index (χ0) is 16.8. The maximum absolute atomic E-state index is 11.0. The molecule has 1 unspecified atom stereocenters. The van der Waals surface area contributed by atoms with Crippen molar-refractivity contribution in [1.82, 2.24) is 0 Å². The Bertz CT molecular complexity index is 769. The number of rotatable bonds is 4. The van der Waals surface area contributed by atoms with Crippen LogP contribution in [0.25, 0.3) is 0 Å². The van der Waals surface area contributed by atoms with Crippen LogP contribution in [0.3, 0.4) is 0 Å². The molecule has 0 radical (unpaired) electrons. The van der Waals surface area contributed by atoms with Crippen molar-refractivity contribution < 1.29 is 18.8 Å². The summed E-state index contributed by atoms with van der Waals surface area (Å²) >= 11 is 0. The van der Waals surface area contributed by atoms with Gasteiger partial charge in [0.1, 0.15) is 0 Å². The van der Waals surface area contributed by atoms with Crippen molar-refractivity contribution >= 4 is 7.92 Å². The molecule has 1 aromatic carbocycles. The SMILES string of the molecule is COC1=CC(=C(C)C#P=O)C(c2ccccc2)C(OC)=C1OC. The van der Waals surface area contributed by atoms with Crippen LogP contribution < -0.4 is 0 Å². The molecule has 2 rings (SSSR count). The Morgan fingerprint density at radius 2 is 1.78 bits per heavy atom. The van der Waals surface area contributed by atoms with Gasteiger partial charge in [0, 0.05) is 0 Å². The van der Waals surface area contributed by atoms with E-state index in [-0.39, 0.29) is 13.8 Å². The van der Waals surface area contributed by atoms with Crippen LogP contribution in [-0.2, 0) is 18.8 Å². The van der Waals surface area contributed by atoms with E-state index in [2.05, 4.69) is 5.63 Å². The second-order valence-corrected chi connectivity index (χ2v) is 5.35. The van der Waals surface area contributed by atoms with Crippen LogP contribution in [0, 0.1) is 5.63 Å². The van der Waals surface area contributed by atoms with Gasteiger partial charge in [0.05, 0.1) is 0 Å². The van der Waals surface area contributed by atoms with Crippen molar-refractivity contribution in [2.24, 2.45) is 0 Å². The molecule has 1 aliphatic rings. The van der Waals surface area contributed by atoms with Gasteiger partial charge >= 0.3 is 137 Å². The molecule has 23 heavy (non-hydrogen) atoms. The molecular formula is C18H19O4P. The Labute approximate surface area is 137 Å². The summed E-state index contributed by atoms with van der Waals surface area (Å²) in [7, 11) is 4.61. The average molecular weight is 330 g/mol. The van der Waals surface area contributed by atoms with Gasteiger partial charge in [-0.25, -0.2) is 0 Å². The Balaban J connectivity index is 2.77. The summed E-state index contributed by atoms with van der Waals surface area (Å²) in [6.45, 7) is 1.87. The first-order valence-electron chi connectivity index (χ1n) is 7.10. The predicted octanol–water partition coefficient (Wildman–Crippen LogP) is 4.39. The fraction of sp³-hybridized carbons (Fsp3) is 0.278. The van der Waals surface area contributed by atoms with Gasteiger partial charge in [0.15, 0.2) is 0 Å². The van der Waals surface area contributed by atoms with Crippen LogP contribution >= 0.6 is 7.92 Å². The first-order chi connectivity index (χ1) is 11.2. The van der Waals surface area contributed by atoms with Gasteiger partial charge < -0.3 is 0 Å². The third-order valence-corrected chi connectivity index (χ3v) is 4.16. The molecule has 5 heteroatoms. The predicted molar refractivity (Wildman–Crippen MR) is 89.5 cm³/mol. The minimum atomic E-state index is -0.177. The van der Waals surface area contributed by atoms with Crippen LogP contribution in [0.4, 0.5) is 0 Å². The van der Waals surface area contributed by atoms with Crippen LogP contribution in [-0.4, -0.2) is 21.3 Å². The maximum atomic E-state index is 11.0. The van der Waals surface area contributed by atoms with E-state index in [0.29, 0.717) is 17.3 Å². The quantitative estimate of drug-likeness (QED) is 0.768. The molecule has 0 N–H and O–H groups in total. The molecule has 1 aliphatic carbocycles. The molecule has 1 aromatic rings. The van der Waals surface area contributed by atoms with Gasteiger partial charge in [-0.3, -0.25) is 0 Å². The molecule has 0 amide bonds. The molecule has 4 nitrogen and oxygen atoms in total. The average Bonchev–Trinajstić information content (AvgIpc) is 2.60. The summed E-state index contributed by atoms with van der Waals surface area (Å²) in [5.74, 6) is 1.59. The number of hydrogen-bond acceptors (Lipinski definition) is 4. The topological polar surface area (TPSA) is 44.8 Å². The van der Waals surface area contributed by atoms with Crippen molar-refractivity contribution in [1.29, 1.82) is 0 Å². The monoisotopic (exact) mass is 330 g/mol. The first-order valence-corrected chi connectivity index (χ1v) is 7.91. The molecule has 0 saturated heterocycles. The molecule has 120 valence electrons. The number of allylic oxidation sites excluding steroid dienone is 3. The Kier molecular flexibility index (Phi) is 5.92. The van der Waals surface area contributed by atoms with Crippen molar-refractivity contribution in [2.75, 3.05) is 21.3 Å². The van der Waals surface area contributed by atoms with E-state index in [1.54, 1.807) is 21.3 Å².